The SMILES string of the molecule is O=C(c1cccc(O)c1)N1C[C@H](O)[C@@H](F)C1. The largest absolute Gasteiger partial charge is 0.508 e. The molecule has 1 heterocycles. The summed E-state index contributed by atoms with van der Waals surface area (Å²) < 4.78 is 13.0. The van der Waals surface area contributed by atoms with Crippen LogP contribution in [-0.2, 0) is 0 Å². The van der Waals surface area contributed by atoms with Gasteiger partial charge in [-0.1, -0.05) is 6.07 Å². The highest BCUT2D eigenvalue weighted by Gasteiger charge is 2.34. The van der Waals surface area contributed by atoms with Gasteiger partial charge in [-0.25, -0.2) is 4.39 Å². The van der Waals surface area contributed by atoms with E-state index >= 15 is 0 Å². The molecule has 0 saturated carbocycles. The maximum Gasteiger partial charge on any atom is 0.254 e. The third-order valence-electron chi connectivity index (χ3n) is 2.60. The zero-order valence-electron chi connectivity index (χ0n) is 8.51. The Morgan fingerprint density at radius 2 is 2.19 bits per heavy atom. The Hall–Kier alpha value is -1.62. The van der Waals surface area contributed by atoms with Gasteiger partial charge in [0, 0.05) is 12.1 Å². The molecule has 0 unspecified atom stereocenters. The van der Waals surface area contributed by atoms with E-state index in [0.717, 1.165) is 0 Å². The molecule has 5 heteroatoms. The first-order valence-electron chi connectivity index (χ1n) is 4.98. The fourth-order valence-electron chi connectivity index (χ4n) is 1.73. The molecule has 1 saturated heterocycles. The van der Waals surface area contributed by atoms with Crippen molar-refractivity contribution in [3.63, 3.8) is 0 Å². The van der Waals surface area contributed by atoms with Crippen molar-refractivity contribution in [1.82, 2.24) is 4.90 Å². The van der Waals surface area contributed by atoms with E-state index in [1.54, 1.807) is 12.1 Å². The number of aliphatic hydroxyl groups excluding tert-OH is 1. The first kappa shape index (κ1) is 10.9. The molecule has 1 fully saturated rings. The fourth-order valence-corrected chi connectivity index (χ4v) is 1.73. The number of benzene rings is 1. The molecule has 86 valence electrons. The van der Waals surface area contributed by atoms with Crippen molar-refractivity contribution >= 4 is 5.91 Å². The normalized spacial score (nSPS) is 24.8. The molecule has 1 aliphatic heterocycles. The number of phenols is 1. The van der Waals surface area contributed by atoms with Crippen molar-refractivity contribution in [3.05, 3.63) is 29.8 Å². The Bertz CT molecular complexity index is 400. The van der Waals surface area contributed by atoms with E-state index in [0.29, 0.717) is 5.56 Å². The van der Waals surface area contributed by atoms with Crippen LogP contribution in [0.1, 0.15) is 10.4 Å². The number of aliphatic hydroxyl groups is 1. The minimum absolute atomic E-state index is 0.00431. The number of aromatic hydroxyl groups is 1. The van der Waals surface area contributed by atoms with Crippen molar-refractivity contribution in [2.45, 2.75) is 12.3 Å². The van der Waals surface area contributed by atoms with Gasteiger partial charge >= 0.3 is 0 Å². The predicted octanol–water partition coefficient (Wildman–Crippen LogP) is 0.547. The number of rotatable bonds is 1. The minimum Gasteiger partial charge on any atom is -0.508 e. The molecule has 0 bridgehead atoms. The molecular weight excluding hydrogens is 213 g/mol. The zero-order chi connectivity index (χ0) is 11.7. The van der Waals surface area contributed by atoms with E-state index < -0.39 is 12.3 Å². The Morgan fingerprint density at radius 1 is 1.44 bits per heavy atom. The summed E-state index contributed by atoms with van der Waals surface area (Å²) in [6, 6.07) is 5.86. The Morgan fingerprint density at radius 3 is 2.75 bits per heavy atom. The molecule has 1 aromatic rings. The molecule has 2 N–H and O–H groups in total. The van der Waals surface area contributed by atoms with E-state index in [1.165, 1.54) is 17.0 Å². The van der Waals surface area contributed by atoms with Gasteiger partial charge in [0.25, 0.3) is 5.91 Å². The summed E-state index contributed by atoms with van der Waals surface area (Å²) in [6.45, 7) is -0.106. The third-order valence-corrected chi connectivity index (χ3v) is 2.60. The molecule has 2 atom stereocenters. The number of carbonyl (C=O) groups is 1. The van der Waals surface area contributed by atoms with Gasteiger partial charge in [0.05, 0.1) is 6.54 Å². The van der Waals surface area contributed by atoms with E-state index in [1.807, 2.05) is 0 Å². The second kappa shape index (κ2) is 4.09. The standard InChI is InChI=1S/C11H12FNO3/c12-9-5-13(6-10(9)15)11(16)7-2-1-3-8(14)4-7/h1-4,9-10,14-15H,5-6H2/t9-,10-/m0/s1. The van der Waals surface area contributed by atoms with Crippen molar-refractivity contribution in [2.24, 2.45) is 0 Å². The van der Waals surface area contributed by atoms with Crippen LogP contribution in [0.3, 0.4) is 0 Å². The van der Waals surface area contributed by atoms with Crippen LogP contribution in [0.5, 0.6) is 5.75 Å². The highest BCUT2D eigenvalue weighted by Crippen LogP contribution is 2.18. The zero-order valence-corrected chi connectivity index (χ0v) is 8.51. The van der Waals surface area contributed by atoms with Crippen molar-refractivity contribution in [3.8, 4) is 5.75 Å². The average molecular weight is 225 g/mol. The van der Waals surface area contributed by atoms with E-state index in [2.05, 4.69) is 0 Å². The van der Waals surface area contributed by atoms with Gasteiger partial charge < -0.3 is 15.1 Å². The number of β-amino-alcohol motifs (C(OH)–C–C–N with tert-alkyl or cyclic N) is 1. The molecule has 16 heavy (non-hydrogen) atoms. The summed E-state index contributed by atoms with van der Waals surface area (Å²) in [5.74, 6) is -0.391. The van der Waals surface area contributed by atoms with Crippen LogP contribution in [0, 0.1) is 0 Å². The van der Waals surface area contributed by atoms with Crippen molar-refractivity contribution in [1.29, 1.82) is 0 Å². The van der Waals surface area contributed by atoms with Crippen LogP contribution < -0.4 is 0 Å². The number of likely N-dealkylation sites (tertiary alicyclic amines) is 1. The first-order valence-corrected chi connectivity index (χ1v) is 4.98. The molecular formula is C11H12FNO3. The summed E-state index contributed by atoms with van der Waals surface area (Å²) >= 11 is 0. The quantitative estimate of drug-likeness (QED) is 0.733. The summed E-state index contributed by atoms with van der Waals surface area (Å²) in [7, 11) is 0. The Kier molecular flexibility index (Phi) is 2.78. The number of nitrogens with zero attached hydrogens (tertiary/aromatic N) is 1. The summed E-state index contributed by atoms with van der Waals surface area (Å²) in [5.41, 5.74) is 0.293. The second-order valence-corrected chi connectivity index (χ2v) is 3.84. The van der Waals surface area contributed by atoms with Crippen LogP contribution in [0.25, 0.3) is 0 Å². The first-order chi connectivity index (χ1) is 7.58. The van der Waals surface area contributed by atoms with Crippen LogP contribution in [0.4, 0.5) is 4.39 Å². The molecule has 0 aliphatic carbocycles. The second-order valence-electron chi connectivity index (χ2n) is 3.84. The molecule has 0 spiro atoms. The van der Waals surface area contributed by atoms with Crippen LogP contribution in [0.2, 0.25) is 0 Å². The van der Waals surface area contributed by atoms with Gasteiger partial charge in [-0.2, -0.15) is 0 Å². The molecule has 1 amide bonds. The Balaban J connectivity index is 2.14. The Labute approximate surface area is 91.9 Å². The summed E-state index contributed by atoms with van der Waals surface area (Å²) in [4.78, 5) is 13.1. The van der Waals surface area contributed by atoms with Gasteiger partial charge in [0.1, 0.15) is 18.0 Å². The van der Waals surface area contributed by atoms with E-state index in [-0.39, 0.29) is 24.7 Å². The lowest BCUT2D eigenvalue weighted by atomic mass is 10.2. The van der Waals surface area contributed by atoms with Gasteiger partial charge in [0.2, 0.25) is 0 Å². The van der Waals surface area contributed by atoms with Crippen LogP contribution in [0.15, 0.2) is 24.3 Å². The summed E-state index contributed by atoms with van der Waals surface area (Å²) in [6.07, 6.45) is -2.50. The number of hydrogen-bond donors (Lipinski definition) is 2. The molecule has 1 aromatic carbocycles. The smallest absolute Gasteiger partial charge is 0.254 e. The van der Waals surface area contributed by atoms with E-state index in [9.17, 15) is 19.4 Å². The lowest BCUT2D eigenvalue weighted by molar-refractivity contribution is 0.0764. The highest BCUT2D eigenvalue weighted by atomic mass is 19.1. The molecule has 1 aliphatic rings. The lowest BCUT2D eigenvalue weighted by Crippen LogP contribution is -2.29. The third kappa shape index (κ3) is 1.99. The maximum absolute atomic E-state index is 13.0. The number of hydrogen-bond acceptors (Lipinski definition) is 3. The molecule has 0 radical (unpaired) electrons. The minimum atomic E-state index is -1.39. The number of halogens is 1. The number of phenolic OH excluding ortho intramolecular Hbond substituents is 1. The van der Waals surface area contributed by atoms with Crippen molar-refractivity contribution < 1.29 is 19.4 Å². The van der Waals surface area contributed by atoms with Gasteiger partial charge in [-0.3, -0.25) is 4.79 Å². The fraction of sp³-hybridized carbons (Fsp3) is 0.364. The number of carbonyl (C=O) groups excluding carboxylic acids is 1. The maximum atomic E-state index is 13.0. The van der Waals surface area contributed by atoms with Crippen LogP contribution in [-0.4, -0.2) is 46.4 Å². The molecule has 4 nitrogen and oxygen atoms in total. The van der Waals surface area contributed by atoms with Gasteiger partial charge in [0.15, 0.2) is 0 Å². The van der Waals surface area contributed by atoms with Crippen molar-refractivity contribution in [2.75, 3.05) is 13.1 Å². The molecule has 0 aromatic heterocycles. The lowest BCUT2D eigenvalue weighted by Gasteiger charge is -2.15. The number of amides is 1. The topological polar surface area (TPSA) is 60.8 Å². The predicted molar refractivity (Wildman–Crippen MR) is 54.9 cm³/mol. The molecule has 2 rings (SSSR count). The number of alkyl halides is 1. The van der Waals surface area contributed by atoms with Gasteiger partial charge in [-0.05, 0) is 18.2 Å². The van der Waals surface area contributed by atoms with Gasteiger partial charge in [-0.15, -0.1) is 0 Å². The highest BCUT2D eigenvalue weighted by molar-refractivity contribution is 5.94. The van der Waals surface area contributed by atoms with E-state index in [4.69, 9.17) is 0 Å². The van der Waals surface area contributed by atoms with Crippen LogP contribution >= 0.6 is 0 Å². The monoisotopic (exact) mass is 225 g/mol. The average Bonchev–Trinajstić information content (AvgIpc) is 2.58. The summed E-state index contributed by atoms with van der Waals surface area (Å²) in [5, 5.41) is 18.4.